The number of methoxy groups -OCH3 is 2. The largest absolute Gasteiger partial charge is 0.497 e. The zero-order valence-corrected chi connectivity index (χ0v) is 16.1. The number of nitrogens with one attached hydrogen (secondary N) is 1. The van der Waals surface area contributed by atoms with Crippen LogP contribution >= 0.6 is 0 Å². The van der Waals surface area contributed by atoms with Crippen molar-refractivity contribution in [3.05, 3.63) is 53.1 Å². The van der Waals surface area contributed by atoms with Crippen LogP contribution in [0.1, 0.15) is 36.1 Å². The Bertz CT molecular complexity index is 806. The van der Waals surface area contributed by atoms with Gasteiger partial charge in [-0.2, -0.15) is 0 Å². The van der Waals surface area contributed by atoms with Crippen molar-refractivity contribution in [2.24, 2.45) is 0 Å². The SMILES string of the molecule is CCC(NS(=O)(=O)c1cc(C)c(OC)c(C)c1)c1ccc(OC)cc1. The molecule has 2 aromatic carbocycles. The maximum Gasteiger partial charge on any atom is 0.241 e. The highest BCUT2D eigenvalue weighted by Gasteiger charge is 2.22. The van der Waals surface area contributed by atoms with Gasteiger partial charge in [0.25, 0.3) is 0 Å². The monoisotopic (exact) mass is 363 g/mol. The standard InChI is InChI=1S/C19H25NO4S/c1-6-18(15-7-9-16(23-4)10-8-15)20-25(21,22)17-11-13(2)19(24-5)14(3)12-17/h7-12,18,20H,6H2,1-5H3. The zero-order valence-electron chi connectivity index (χ0n) is 15.3. The van der Waals surface area contributed by atoms with E-state index in [9.17, 15) is 8.42 Å². The molecule has 0 aliphatic heterocycles. The first-order chi connectivity index (χ1) is 11.8. The van der Waals surface area contributed by atoms with Crippen molar-refractivity contribution in [3.63, 3.8) is 0 Å². The van der Waals surface area contributed by atoms with E-state index in [2.05, 4.69) is 4.72 Å². The fraction of sp³-hybridized carbons (Fsp3) is 0.368. The van der Waals surface area contributed by atoms with E-state index >= 15 is 0 Å². The van der Waals surface area contributed by atoms with Gasteiger partial charge in [-0.1, -0.05) is 19.1 Å². The smallest absolute Gasteiger partial charge is 0.241 e. The molecule has 0 spiro atoms. The van der Waals surface area contributed by atoms with E-state index < -0.39 is 10.0 Å². The molecule has 1 N–H and O–H groups in total. The quantitative estimate of drug-likeness (QED) is 0.814. The van der Waals surface area contributed by atoms with Gasteiger partial charge in [-0.05, 0) is 61.2 Å². The molecular formula is C19H25NO4S. The maximum atomic E-state index is 12.8. The molecule has 0 aromatic heterocycles. The second-order valence-electron chi connectivity index (χ2n) is 5.95. The van der Waals surface area contributed by atoms with E-state index in [0.717, 1.165) is 22.4 Å². The first-order valence-electron chi connectivity index (χ1n) is 8.14. The van der Waals surface area contributed by atoms with E-state index in [1.807, 2.05) is 45.0 Å². The minimum Gasteiger partial charge on any atom is -0.497 e. The summed E-state index contributed by atoms with van der Waals surface area (Å²) in [7, 11) is -0.460. The van der Waals surface area contributed by atoms with Crippen molar-refractivity contribution >= 4 is 10.0 Å². The molecule has 0 radical (unpaired) electrons. The Morgan fingerprint density at radius 3 is 2.00 bits per heavy atom. The molecule has 1 unspecified atom stereocenters. The van der Waals surface area contributed by atoms with E-state index in [4.69, 9.17) is 9.47 Å². The average Bonchev–Trinajstić information content (AvgIpc) is 2.59. The summed E-state index contributed by atoms with van der Waals surface area (Å²) >= 11 is 0. The van der Waals surface area contributed by atoms with Gasteiger partial charge >= 0.3 is 0 Å². The minimum atomic E-state index is -3.64. The highest BCUT2D eigenvalue weighted by atomic mass is 32.2. The predicted octanol–water partition coefficient (Wildman–Crippen LogP) is 3.75. The number of ether oxygens (including phenoxy) is 2. The van der Waals surface area contributed by atoms with Crippen LogP contribution in [0.25, 0.3) is 0 Å². The maximum absolute atomic E-state index is 12.8. The van der Waals surface area contributed by atoms with E-state index in [0.29, 0.717) is 12.2 Å². The van der Waals surface area contributed by atoms with Crippen molar-refractivity contribution in [2.45, 2.75) is 38.1 Å². The summed E-state index contributed by atoms with van der Waals surface area (Å²) in [6, 6.07) is 10.4. The fourth-order valence-corrected chi connectivity index (χ4v) is 4.34. The van der Waals surface area contributed by atoms with Gasteiger partial charge in [0.2, 0.25) is 10.0 Å². The summed E-state index contributed by atoms with van der Waals surface area (Å²) in [5, 5.41) is 0. The third-order valence-electron chi connectivity index (χ3n) is 4.17. The van der Waals surface area contributed by atoms with Gasteiger partial charge in [0.1, 0.15) is 11.5 Å². The molecule has 136 valence electrons. The van der Waals surface area contributed by atoms with Crippen LogP contribution in [-0.4, -0.2) is 22.6 Å². The summed E-state index contributed by atoms with van der Waals surface area (Å²) in [6.45, 7) is 5.62. The summed E-state index contributed by atoms with van der Waals surface area (Å²) in [5.74, 6) is 1.45. The molecule has 0 aliphatic carbocycles. The minimum absolute atomic E-state index is 0.246. The number of benzene rings is 2. The third-order valence-corrected chi connectivity index (χ3v) is 5.62. The first kappa shape index (κ1) is 19.3. The van der Waals surface area contributed by atoms with Crippen LogP contribution in [0.15, 0.2) is 41.3 Å². The van der Waals surface area contributed by atoms with Crippen molar-refractivity contribution in [2.75, 3.05) is 14.2 Å². The predicted molar refractivity (Wildman–Crippen MR) is 98.8 cm³/mol. The second kappa shape index (κ2) is 7.89. The van der Waals surface area contributed by atoms with Gasteiger partial charge in [-0.3, -0.25) is 0 Å². The van der Waals surface area contributed by atoms with E-state index in [1.54, 1.807) is 26.4 Å². The zero-order chi connectivity index (χ0) is 18.6. The Kier molecular flexibility index (Phi) is 6.08. The van der Waals surface area contributed by atoms with E-state index in [1.165, 1.54) is 0 Å². The molecular weight excluding hydrogens is 338 g/mol. The van der Waals surface area contributed by atoms with E-state index in [-0.39, 0.29) is 10.9 Å². The Morgan fingerprint density at radius 1 is 1.00 bits per heavy atom. The summed E-state index contributed by atoms with van der Waals surface area (Å²) in [5.41, 5.74) is 2.48. The lowest BCUT2D eigenvalue weighted by Crippen LogP contribution is -2.28. The molecule has 0 fully saturated rings. The molecule has 0 aliphatic rings. The summed E-state index contributed by atoms with van der Waals surface area (Å²) in [6.07, 6.45) is 0.639. The second-order valence-corrected chi connectivity index (χ2v) is 7.66. The van der Waals surface area contributed by atoms with Crippen LogP contribution < -0.4 is 14.2 Å². The molecule has 25 heavy (non-hydrogen) atoms. The van der Waals surface area contributed by atoms with Crippen LogP contribution in [0.2, 0.25) is 0 Å². The number of aryl methyl sites for hydroxylation is 2. The number of hydrogen-bond acceptors (Lipinski definition) is 4. The topological polar surface area (TPSA) is 64.6 Å². The Balaban J connectivity index is 2.32. The fourth-order valence-electron chi connectivity index (χ4n) is 2.87. The van der Waals surface area contributed by atoms with Gasteiger partial charge < -0.3 is 9.47 Å². The van der Waals surface area contributed by atoms with Gasteiger partial charge in [0, 0.05) is 6.04 Å². The third kappa shape index (κ3) is 4.32. The highest BCUT2D eigenvalue weighted by Crippen LogP contribution is 2.28. The number of sulfonamides is 1. The van der Waals surface area contributed by atoms with Gasteiger partial charge in [-0.15, -0.1) is 0 Å². The van der Waals surface area contributed by atoms with Crippen LogP contribution in [0.5, 0.6) is 11.5 Å². The lowest BCUT2D eigenvalue weighted by Gasteiger charge is -2.19. The average molecular weight is 363 g/mol. The van der Waals surface area contributed by atoms with Crippen molar-refractivity contribution in [3.8, 4) is 11.5 Å². The summed E-state index contributed by atoms with van der Waals surface area (Å²) in [4.78, 5) is 0.246. The highest BCUT2D eigenvalue weighted by molar-refractivity contribution is 7.89. The van der Waals surface area contributed by atoms with Crippen molar-refractivity contribution < 1.29 is 17.9 Å². The molecule has 0 amide bonds. The molecule has 0 bridgehead atoms. The Morgan fingerprint density at radius 2 is 1.56 bits per heavy atom. The molecule has 6 heteroatoms. The Labute approximate surface area is 150 Å². The Hall–Kier alpha value is -2.05. The lowest BCUT2D eigenvalue weighted by atomic mass is 10.1. The van der Waals surface area contributed by atoms with Crippen LogP contribution in [0.4, 0.5) is 0 Å². The molecule has 0 saturated heterocycles. The van der Waals surface area contributed by atoms with Crippen molar-refractivity contribution in [1.29, 1.82) is 0 Å². The molecule has 2 aromatic rings. The van der Waals surface area contributed by atoms with Gasteiger partial charge in [0.15, 0.2) is 0 Å². The molecule has 1 atom stereocenters. The lowest BCUT2D eigenvalue weighted by molar-refractivity contribution is 0.408. The number of rotatable bonds is 7. The van der Waals surface area contributed by atoms with Crippen LogP contribution in [0, 0.1) is 13.8 Å². The van der Waals surface area contributed by atoms with Gasteiger partial charge in [-0.25, -0.2) is 13.1 Å². The van der Waals surface area contributed by atoms with Crippen LogP contribution in [0.3, 0.4) is 0 Å². The number of hydrogen-bond donors (Lipinski definition) is 1. The first-order valence-corrected chi connectivity index (χ1v) is 9.62. The molecule has 0 saturated carbocycles. The molecule has 2 rings (SSSR count). The van der Waals surface area contributed by atoms with Crippen LogP contribution in [-0.2, 0) is 10.0 Å². The van der Waals surface area contributed by atoms with Crippen molar-refractivity contribution in [1.82, 2.24) is 4.72 Å². The van der Waals surface area contributed by atoms with Gasteiger partial charge in [0.05, 0.1) is 19.1 Å². The summed E-state index contributed by atoms with van der Waals surface area (Å²) < 4.78 is 38.9. The molecule has 5 nitrogen and oxygen atoms in total. The normalized spacial score (nSPS) is 12.7. The molecule has 0 heterocycles.